The molecule has 0 bridgehead atoms. The van der Waals surface area contributed by atoms with Gasteiger partial charge in [-0.1, -0.05) is 6.07 Å². The molecule has 1 aromatic heterocycles. The number of anilines is 1. The van der Waals surface area contributed by atoms with Crippen LogP contribution in [-0.2, 0) is 14.8 Å². The minimum atomic E-state index is -3.86. The molecule has 1 N–H and O–H groups in total. The second-order valence-corrected chi connectivity index (χ2v) is 8.37. The number of halogens is 1. The number of ether oxygens (including phenoxy) is 1. The van der Waals surface area contributed by atoms with Gasteiger partial charge in [0.15, 0.2) is 0 Å². The van der Waals surface area contributed by atoms with Gasteiger partial charge in [-0.15, -0.1) is 10.2 Å². The lowest BCUT2D eigenvalue weighted by atomic mass is 10.1. The van der Waals surface area contributed by atoms with Crippen LogP contribution < -0.4 is 5.32 Å². The van der Waals surface area contributed by atoms with Gasteiger partial charge in [0.1, 0.15) is 5.82 Å². The number of morpholine rings is 1. The van der Waals surface area contributed by atoms with Gasteiger partial charge in [0, 0.05) is 24.3 Å². The highest BCUT2D eigenvalue weighted by Gasteiger charge is 2.28. The van der Waals surface area contributed by atoms with E-state index >= 15 is 0 Å². The number of rotatable bonds is 5. The maximum absolute atomic E-state index is 14.3. The van der Waals surface area contributed by atoms with Gasteiger partial charge in [-0.3, -0.25) is 4.79 Å². The van der Waals surface area contributed by atoms with E-state index < -0.39 is 21.7 Å². The van der Waals surface area contributed by atoms with Crippen LogP contribution in [0.25, 0.3) is 11.5 Å². The highest BCUT2D eigenvalue weighted by molar-refractivity contribution is 7.89. The lowest BCUT2D eigenvalue weighted by Gasteiger charge is -2.26. The number of amides is 1. The van der Waals surface area contributed by atoms with Crippen LogP contribution in [0.4, 0.5) is 10.1 Å². The number of aromatic nitrogens is 2. The second kappa shape index (κ2) is 8.30. The molecule has 0 radical (unpaired) electrons. The molecule has 9 nitrogen and oxygen atoms in total. The van der Waals surface area contributed by atoms with Crippen molar-refractivity contribution in [3.63, 3.8) is 0 Å². The monoisotopic (exact) mass is 432 g/mol. The highest BCUT2D eigenvalue weighted by atomic mass is 32.2. The van der Waals surface area contributed by atoms with Crippen molar-refractivity contribution >= 4 is 21.6 Å². The van der Waals surface area contributed by atoms with Crippen molar-refractivity contribution in [3.8, 4) is 11.5 Å². The summed E-state index contributed by atoms with van der Waals surface area (Å²) >= 11 is 0. The first-order chi connectivity index (χ1) is 14.4. The minimum absolute atomic E-state index is 0.157. The molecule has 3 aromatic rings. The van der Waals surface area contributed by atoms with Crippen LogP contribution in [0.5, 0.6) is 0 Å². The molecule has 1 saturated heterocycles. The van der Waals surface area contributed by atoms with E-state index in [9.17, 15) is 17.6 Å². The average molecular weight is 432 g/mol. The van der Waals surface area contributed by atoms with Gasteiger partial charge >= 0.3 is 0 Å². The summed E-state index contributed by atoms with van der Waals surface area (Å²) in [5, 5.41) is 9.95. The molecule has 156 valence electrons. The molecule has 1 aliphatic rings. The summed E-state index contributed by atoms with van der Waals surface area (Å²) in [6, 6.07) is 9.70. The normalized spacial score (nSPS) is 15.1. The number of nitrogens with zero attached hydrogens (tertiary/aromatic N) is 3. The van der Waals surface area contributed by atoms with E-state index in [1.807, 2.05) is 0 Å². The van der Waals surface area contributed by atoms with E-state index in [1.165, 1.54) is 10.7 Å². The molecular formula is C19H17FN4O5S. The number of carbonyl (C=O) groups excluding carboxylic acids is 1. The van der Waals surface area contributed by atoms with E-state index in [-0.39, 0.29) is 42.7 Å². The molecule has 11 heteroatoms. The Balaban J connectivity index is 1.59. The second-order valence-electron chi connectivity index (χ2n) is 6.44. The zero-order valence-corrected chi connectivity index (χ0v) is 16.4. The van der Waals surface area contributed by atoms with Gasteiger partial charge in [0.2, 0.25) is 22.3 Å². The minimum Gasteiger partial charge on any atom is -0.423 e. The first-order valence-corrected chi connectivity index (χ1v) is 10.4. The summed E-state index contributed by atoms with van der Waals surface area (Å²) in [5.74, 6) is -1.36. The van der Waals surface area contributed by atoms with Gasteiger partial charge in [-0.25, -0.2) is 12.8 Å². The molecular weight excluding hydrogens is 415 g/mol. The lowest BCUT2D eigenvalue weighted by molar-refractivity contribution is 0.0730. The van der Waals surface area contributed by atoms with Gasteiger partial charge in [0.05, 0.1) is 23.7 Å². The van der Waals surface area contributed by atoms with Crippen LogP contribution in [0.1, 0.15) is 10.4 Å². The van der Waals surface area contributed by atoms with Crippen LogP contribution in [-0.4, -0.2) is 55.1 Å². The van der Waals surface area contributed by atoms with Crippen molar-refractivity contribution in [2.75, 3.05) is 31.6 Å². The number of nitrogens with one attached hydrogen (secondary N) is 1. The third-order valence-electron chi connectivity index (χ3n) is 4.52. The average Bonchev–Trinajstić information content (AvgIpc) is 3.30. The fourth-order valence-corrected chi connectivity index (χ4v) is 4.44. The molecule has 30 heavy (non-hydrogen) atoms. The quantitative estimate of drug-likeness (QED) is 0.657. The van der Waals surface area contributed by atoms with Gasteiger partial charge in [0.25, 0.3) is 5.91 Å². The first kappa shape index (κ1) is 20.1. The van der Waals surface area contributed by atoms with E-state index in [0.717, 1.165) is 18.2 Å². The van der Waals surface area contributed by atoms with Gasteiger partial charge in [-0.2, -0.15) is 4.31 Å². The van der Waals surface area contributed by atoms with Crippen LogP contribution >= 0.6 is 0 Å². The number of hydrogen-bond donors (Lipinski definition) is 1. The number of hydrogen-bond acceptors (Lipinski definition) is 7. The number of carbonyl (C=O) groups is 1. The molecule has 2 aromatic carbocycles. The Kier molecular flexibility index (Phi) is 5.57. The Labute approximate surface area is 171 Å². The Morgan fingerprint density at radius 3 is 2.67 bits per heavy atom. The van der Waals surface area contributed by atoms with Crippen molar-refractivity contribution in [1.82, 2.24) is 14.5 Å². The van der Waals surface area contributed by atoms with Crippen LogP contribution in [0.2, 0.25) is 0 Å². The van der Waals surface area contributed by atoms with Crippen LogP contribution in [0, 0.1) is 5.82 Å². The van der Waals surface area contributed by atoms with Gasteiger partial charge < -0.3 is 14.5 Å². The molecule has 2 heterocycles. The standard InChI is InChI=1S/C19H17FN4O5S/c20-17-5-4-15(30(26,27)24-6-8-28-9-7-24)11-16(17)18(25)22-14-3-1-2-13(10-14)19-23-21-12-29-19/h1-5,10-12H,6-9H2,(H,22,25). The molecule has 4 rings (SSSR count). The first-order valence-electron chi connectivity index (χ1n) is 9.00. The third kappa shape index (κ3) is 4.08. The van der Waals surface area contributed by atoms with Crippen LogP contribution in [0.3, 0.4) is 0 Å². The highest BCUT2D eigenvalue weighted by Crippen LogP contribution is 2.23. The van der Waals surface area contributed by atoms with Crippen molar-refractivity contribution in [2.45, 2.75) is 4.90 Å². The molecule has 1 aliphatic heterocycles. The summed E-state index contributed by atoms with van der Waals surface area (Å²) in [5.41, 5.74) is 0.540. The summed E-state index contributed by atoms with van der Waals surface area (Å²) < 4.78 is 51.5. The van der Waals surface area contributed by atoms with Crippen molar-refractivity contribution in [1.29, 1.82) is 0 Å². The fourth-order valence-electron chi connectivity index (χ4n) is 3.00. The van der Waals surface area contributed by atoms with E-state index in [4.69, 9.17) is 9.15 Å². The Morgan fingerprint density at radius 2 is 1.93 bits per heavy atom. The predicted molar refractivity (Wildman–Crippen MR) is 104 cm³/mol. The summed E-state index contributed by atoms with van der Waals surface area (Å²) in [7, 11) is -3.86. The SMILES string of the molecule is O=C(Nc1cccc(-c2nnco2)c1)c1cc(S(=O)(=O)N2CCOCC2)ccc1F. The third-order valence-corrected chi connectivity index (χ3v) is 6.41. The summed E-state index contributed by atoms with van der Waals surface area (Å²) in [6.45, 7) is 0.960. The molecule has 0 atom stereocenters. The molecule has 0 spiro atoms. The lowest BCUT2D eigenvalue weighted by Crippen LogP contribution is -2.40. The largest absolute Gasteiger partial charge is 0.423 e. The smallest absolute Gasteiger partial charge is 0.258 e. The maximum atomic E-state index is 14.3. The van der Waals surface area contributed by atoms with E-state index in [1.54, 1.807) is 24.3 Å². The van der Waals surface area contributed by atoms with Crippen molar-refractivity contribution < 1.29 is 26.8 Å². The molecule has 0 saturated carbocycles. The molecule has 1 amide bonds. The van der Waals surface area contributed by atoms with Gasteiger partial charge in [-0.05, 0) is 36.4 Å². The number of sulfonamides is 1. The summed E-state index contributed by atoms with van der Waals surface area (Å²) in [6.07, 6.45) is 1.18. The Bertz CT molecular complexity index is 1160. The van der Waals surface area contributed by atoms with E-state index in [0.29, 0.717) is 11.3 Å². The van der Waals surface area contributed by atoms with Crippen molar-refractivity contribution in [3.05, 3.63) is 60.2 Å². The fraction of sp³-hybridized carbons (Fsp3) is 0.211. The topological polar surface area (TPSA) is 115 Å². The van der Waals surface area contributed by atoms with E-state index in [2.05, 4.69) is 15.5 Å². The van der Waals surface area contributed by atoms with Crippen LogP contribution in [0.15, 0.2) is 58.2 Å². The molecule has 0 unspecified atom stereocenters. The Hall–Kier alpha value is -3.15. The zero-order valence-electron chi connectivity index (χ0n) is 15.6. The molecule has 0 aliphatic carbocycles. The maximum Gasteiger partial charge on any atom is 0.258 e. The zero-order chi connectivity index (χ0) is 21.1. The molecule has 1 fully saturated rings. The Morgan fingerprint density at radius 1 is 1.13 bits per heavy atom. The number of benzene rings is 2. The summed E-state index contributed by atoms with van der Waals surface area (Å²) in [4.78, 5) is 12.5. The predicted octanol–water partition coefficient (Wildman–Crippen LogP) is 2.15. The van der Waals surface area contributed by atoms with Crippen molar-refractivity contribution in [2.24, 2.45) is 0 Å².